The molecule has 0 saturated carbocycles. The molecule has 1 atom stereocenters. The molecule has 5 heteroatoms. The minimum absolute atomic E-state index is 0.135. The monoisotopic (exact) mass is 263 g/mol. The maximum Gasteiger partial charge on any atom is 0.170 e. The van der Waals surface area contributed by atoms with Crippen molar-refractivity contribution in [2.75, 3.05) is 19.7 Å². The number of nitrogens with zero attached hydrogens (tertiary/aromatic N) is 2. The molecule has 1 saturated heterocycles. The first kappa shape index (κ1) is 13.8. The molecule has 0 amide bonds. The number of aliphatic hydroxyl groups excluding tert-OH is 1. The van der Waals surface area contributed by atoms with Gasteiger partial charge >= 0.3 is 0 Å². The van der Waals surface area contributed by atoms with Crippen LogP contribution in [0.5, 0.6) is 0 Å². The Kier molecular flexibility index (Phi) is 4.76. The lowest BCUT2D eigenvalue weighted by Gasteiger charge is -2.16. The third-order valence-corrected chi connectivity index (χ3v) is 3.67. The number of rotatable bonds is 5. The second-order valence-corrected chi connectivity index (χ2v) is 5.08. The van der Waals surface area contributed by atoms with Crippen molar-refractivity contribution >= 4 is 5.84 Å². The van der Waals surface area contributed by atoms with Gasteiger partial charge in [0, 0.05) is 25.3 Å². The summed E-state index contributed by atoms with van der Waals surface area (Å²) in [6.07, 6.45) is 2.07. The second kappa shape index (κ2) is 6.54. The molecule has 19 heavy (non-hydrogen) atoms. The molecule has 1 aromatic rings. The summed E-state index contributed by atoms with van der Waals surface area (Å²) in [6, 6.07) is 7.75. The van der Waals surface area contributed by atoms with E-state index < -0.39 is 0 Å². The molecule has 1 aliphatic heterocycles. The number of hydrogen-bond acceptors (Lipinski definition) is 4. The Morgan fingerprint density at radius 3 is 2.74 bits per heavy atom. The predicted molar refractivity (Wildman–Crippen MR) is 74.0 cm³/mol. The molecule has 1 heterocycles. The molecule has 0 aromatic heterocycles. The van der Waals surface area contributed by atoms with Crippen LogP contribution in [-0.2, 0) is 6.54 Å². The fourth-order valence-electron chi connectivity index (χ4n) is 2.57. The van der Waals surface area contributed by atoms with Crippen LogP contribution in [0.15, 0.2) is 29.4 Å². The summed E-state index contributed by atoms with van der Waals surface area (Å²) in [4.78, 5) is 2.40. The molecule has 0 aliphatic carbocycles. The van der Waals surface area contributed by atoms with Crippen molar-refractivity contribution < 1.29 is 10.3 Å². The lowest BCUT2D eigenvalue weighted by Crippen LogP contribution is -2.20. The summed E-state index contributed by atoms with van der Waals surface area (Å²) >= 11 is 0. The Morgan fingerprint density at radius 1 is 1.37 bits per heavy atom. The van der Waals surface area contributed by atoms with Crippen LogP contribution in [0.1, 0.15) is 24.0 Å². The highest BCUT2D eigenvalue weighted by Gasteiger charge is 2.21. The van der Waals surface area contributed by atoms with Crippen LogP contribution in [-0.4, -0.2) is 40.7 Å². The molecule has 0 spiro atoms. The average molecular weight is 263 g/mol. The van der Waals surface area contributed by atoms with Gasteiger partial charge in [-0.3, -0.25) is 4.90 Å². The molecule has 1 fully saturated rings. The van der Waals surface area contributed by atoms with Gasteiger partial charge in [0.1, 0.15) is 0 Å². The lowest BCUT2D eigenvalue weighted by atomic mass is 10.1. The number of aliphatic hydroxyl groups is 1. The van der Waals surface area contributed by atoms with Crippen LogP contribution < -0.4 is 5.73 Å². The molecule has 1 unspecified atom stereocenters. The highest BCUT2D eigenvalue weighted by Crippen LogP contribution is 2.21. The van der Waals surface area contributed by atoms with Gasteiger partial charge in [0.05, 0.1) is 0 Å². The van der Waals surface area contributed by atoms with E-state index in [0.717, 1.165) is 31.6 Å². The highest BCUT2D eigenvalue weighted by atomic mass is 16.4. The zero-order valence-electron chi connectivity index (χ0n) is 11.0. The standard InChI is InChI=1S/C14H21N3O2/c15-14(16-19)13-3-1-11(2-4-13)9-17-7-5-12(10-17)6-8-18/h1-4,12,18-19H,5-10H2,(H2,15,16). The van der Waals surface area contributed by atoms with Gasteiger partial charge < -0.3 is 16.0 Å². The van der Waals surface area contributed by atoms with Crippen molar-refractivity contribution in [1.82, 2.24) is 4.90 Å². The summed E-state index contributed by atoms with van der Waals surface area (Å²) in [7, 11) is 0. The van der Waals surface area contributed by atoms with Crippen LogP contribution in [0.4, 0.5) is 0 Å². The van der Waals surface area contributed by atoms with Gasteiger partial charge in [0.25, 0.3) is 0 Å². The van der Waals surface area contributed by atoms with Gasteiger partial charge in [0.2, 0.25) is 0 Å². The Labute approximate surface area is 113 Å². The Hall–Kier alpha value is -1.59. The third kappa shape index (κ3) is 3.68. The van der Waals surface area contributed by atoms with Gasteiger partial charge in [-0.15, -0.1) is 0 Å². The number of likely N-dealkylation sites (tertiary alicyclic amines) is 1. The molecule has 104 valence electrons. The maximum absolute atomic E-state index is 8.95. The van der Waals surface area contributed by atoms with E-state index in [-0.39, 0.29) is 12.4 Å². The van der Waals surface area contributed by atoms with E-state index >= 15 is 0 Å². The van der Waals surface area contributed by atoms with Crippen molar-refractivity contribution in [3.8, 4) is 0 Å². The number of oxime groups is 1. The van der Waals surface area contributed by atoms with Gasteiger partial charge in [-0.2, -0.15) is 0 Å². The Bertz CT molecular complexity index is 431. The minimum Gasteiger partial charge on any atom is -0.409 e. The number of benzene rings is 1. The summed E-state index contributed by atoms with van der Waals surface area (Å²) < 4.78 is 0. The van der Waals surface area contributed by atoms with Crippen LogP contribution in [0, 0.1) is 5.92 Å². The van der Waals surface area contributed by atoms with Crippen molar-refractivity contribution in [3.05, 3.63) is 35.4 Å². The lowest BCUT2D eigenvalue weighted by molar-refractivity contribution is 0.249. The molecule has 2 rings (SSSR count). The van der Waals surface area contributed by atoms with E-state index in [2.05, 4.69) is 10.1 Å². The molecule has 1 aliphatic rings. The first-order valence-electron chi connectivity index (χ1n) is 6.63. The first-order chi connectivity index (χ1) is 9.22. The SMILES string of the molecule is N/C(=N/O)c1ccc(CN2CCC(CCO)C2)cc1. The Morgan fingerprint density at radius 2 is 2.11 bits per heavy atom. The van der Waals surface area contributed by atoms with E-state index in [4.69, 9.17) is 16.0 Å². The van der Waals surface area contributed by atoms with Crippen LogP contribution >= 0.6 is 0 Å². The molecule has 0 bridgehead atoms. The molecule has 4 N–H and O–H groups in total. The van der Waals surface area contributed by atoms with E-state index in [9.17, 15) is 0 Å². The average Bonchev–Trinajstić information content (AvgIpc) is 2.86. The molecular formula is C14H21N3O2. The van der Waals surface area contributed by atoms with Gasteiger partial charge in [0.15, 0.2) is 5.84 Å². The molecule has 5 nitrogen and oxygen atoms in total. The van der Waals surface area contributed by atoms with Gasteiger partial charge in [-0.1, -0.05) is 29.4 Å². The van der Waals surface area contributed by atoms with Crippen LogP contribution in [0.25, 0.3) is 0 Å². The summed E-state index contributed by atoms with van der Waals surface area (Å²) in [5.74, 6) is 0.761. The van der Waals surface area contributed by atoms with E-state index in [1.54, 1.807) is 0 Å². The van der Waals surface area contributed by atoms with Gasteiger partial charge in [-0.05, 0) is 30.9 Å². The number of hydrogen-bond donors (Lipinski definition) is 3. The smallest absolute Gasteiger partial charge is 0.170 e. The fourth-order valence-corrected chi connectivity index (χ4v) is 2.57. The fraction of sp³-hybridized carbons (Fsp3) is 0.500. The minimum atomic E-state index is 0.135. The van der Waals surface area contributed by atoms with Crippen LogP contribution in [0.3, 0.4) is 0 Å². The molecule has 1 aromatic carbocycles. The number of amidine groups is 1. The first-order valence-corrected chi connectivity index (χ1v) is 6.63. The topological polar surface area (TPSA) is 82.1 Å². The zero-order chi connectivity index (χ0) is 13.7. The zero-order valence-corrected chi connectivity index (χ0v) is 11.0. The maximum atomic E-state index is 8.95. The third-order valence-electron chi connectivity index (χ3n) is 3.67. The quantitative estimate of drug-likeness (QED) is 0.320. The van der Waals surface area contributed by atoms with Crippen molar-refractivity contribution in [3.63, 3.8) is 0 Å². The van der Waals surface area contributed by atoms with Crippen molar-refractivity contribution in [2.24, 2.45) is 16.8 Å². The predicted octanol–water partition coefficient (Wildman–Crippen LogP) is 0.985. The van der Waals surface area contributed by atoms with Crippen molar-refractivity contribution in [1.29, 1.82) is 0 Å². The van der Waals surface area contributed by atoms with Crippen LogP contribution in [0.2, 0.25) is 0 Å². The largest absolute Gasteiger partial charge is 0.409 e. The second-order valence-electron chi connectivity index (χ2n) is 5.08. The molecule has 0 radical (unpaired) electrons. The van der Waals surface area contributed by atoms with E-state index in [0.29, 0.717) is 5.92 Å². The van der Waals surface area contributed by atoms with E-state index in [1.165, 1.54) is 12.0 Å². The molecular weight excluding hydrogens is 242 g/mol. The number of nitrogens with two attached hydrogens (primary N) is 1. The van der Waals surface area contributed by atoms with Gasteiger partial charge in [-0.25, -0.2) is 0 Å². The highest BCUT2D eigenvalue weighted by molar-refractivity contribution is 5.96. The summed E-state index contributed by atoms with van der Waals surface area (Å²) in [5.41, 5.74) is 7.47. The summed E-state index contributed by atoms with van der Waals surface area (Å²) in [5, 5.41) is 20.5. The van der Waals surface area contributed by atoms with E-state index in [1.807, 2.05) is 24.3 Å². The summed E-state index contributed by atoms with van der Waals surface area (Å²) in [6.45, 7) is 3.35. The Balaban J connectivity index is 1.90. The normalized spacial score (nSPS) is 20.9. The van der Waals surface area contributed by atoms with Crippen molar-refractivity contribution in [2.45, 2.75) is 19.4 Å².